The summed E-state index contributed by atoms with van der Waals surface area (Å²) in [6.07, 6.45) is 0. The number of anilines is 1. The first-order valence-electron chi connectivity index (χ1n) is 5.81. The first-order valence-corrected chi connectivity index (χ1v) is 5.81. The lowest BCUT2D eigenvalue weighted by atomic mass is 9.97. The summed E-state index contributed by atoms with van der Waals surface area (Å²) in [6, 6.07) is 16.4. The molecule has 0 aliphatic rings. The van der Waals surface area contributed by atoms with Crippen LogP contribution in [0.15, 0.2) is 48.5 Å². The largest absolute Gasteiger partial charge is 0.388 e. The normalized spacial score (nSPS) is 11.5. The van der Waals surface area contributed by atoms with E-state index in [0.717, 1.165) is 16.8 Å². The lowest BCUT2D eigenvalue weighted by Crippen LogP contribution is -2.13. The van der Waals surface area contributed by atoms with Crippen molar-refractivity contribution in [1.29, 1.82) is 0 Å². The van der Waals surface area contributed by atoms with E-state index < -0.39 is 0 Å². The van der Waals surface area contributed by atoms with E-state index in [1.54, 1.807) is 0 Å². The van der Waals surface area contributed by atoms with Gasteiger partial charge in [-0.15, -0.1) is 12.4 Å². The number of aryl methyl sites for hydroxylation is 1. The van der Waals surface area contributed by atoms with Crippen LogP contribution in [0.4, 0.5) is 5.69 Å². The molecule has 1 atom stereocenters. The number of rotatable bonds is 3. The van der Waals surface area contributed by atoms with Crippen molar-refractivity contribution in [3.63, 3.8) is 0 Å². The monoisotopic (exact) mass is 262 g/mol. The minimum atomic E-state index is -0.0840. The number of hydrogen-bond acceptors (Lipinski definition) is 2. The molecule has 0 heterocycles. The SMILES string of the molecule is CNc1cc(C)ccc1C(N)c1ccccc1.Cl. The van der Waals surface area contributed by atoms with E-state index in [4.69, 9.17) is 5.73 Å². The van der Waals surface area contributed by atoms with E-state index in [2.05, 4.69) is 42.6 Å². The Labute approximate surface area is 115 Å². The standard InChI is InChI=1S/C15H18N2.ClH/c1-11-8-9-13(14(10-11)17-2)15(16)12-6-4-3-5-7-12;/h3-10,15,17H,16H2,1-2H3;1H. The average Bonchev–Trinajstić information content (AvgIpc) is 2.39. The first-order chi connectivity index (χ1) is 8.22. The van der Waals surface area contributed by atoms with Crippen LogP contribution < -0.4 is 11.1 Å². The average molecular weight is 263 g/mol. The highest BCUT2D eigenvalue weighted by Crippen LogP contribution is 2.27. The summed E-state index contributed by atoms with van der Waals surface area (Å²) < 4.78 is 0. The van der Waals surface area contributed by atoms with Crippen LogP contribution in [-0.2, 0) is 0 Å². The number of halogens is 1. The van der Waals surface area contributed by atoms with E-state index in [9.17, 15) is 0 Å². The minimum absolute atomic E-state index is 0. The molecule has 3 N–H and O–H groups in total. The number of nitrogens with one attached hydrogen (secondary N) is 1. The molecule has 2 nitrogen and oxygen atoms in total. The van der Waals surface area contributed by atoms with Gasteiger partial charge in [0.2, 0.25) is 0 Å². The highest BCUT2D eigenvalue weighted by atomic mass is 35.5. The quantitative estimate of drug-likeness (QED) is 0.888. The van der Waals surface area contributed by atoms with Crippen molar-refractivity contribution in [3.05, 3.63) is 65.2 Å². The third-order valence-corrected chi connectivity index (χ3v) is 2.97. The molecule has 0 saturated heterocycles. The Bertz CT molecular complexity index is 497. The number of hydrogen-bond donors (Lipinski definition) is 2. The fourth-order valence-electron chi connectivity index (χ4n) is 2.00. The molecular weight excluding hydrogens is 244 g/mol. The zero-order chi connectivity index (χ0) is 12.3. The Balaban J connectivity index is 0.00000162. The summed E-state index contributed by atoms with van der Waals surface area (Å²) in [5.74, 6) is 0. The van der Waals surface area contributed by atoms with Gasteiger partial charge in [0, 0.05) is 12.7 Å². The topological polar surface area (TPSA) is 38.0 Å². The van der Waals surface area contributed by atoms with Crippen LogP contribution in [0, 0.1) is 6.92 Å². The number of nitrogens with two attached hydrogens (primary N) is 1. The van der Waals surface area contributed by atoms with Crippen molar-refractivity contribution in [2.75, 3.05) is 12.4 Å². The molecule has 0 aliphatic carbocycles. The molecule has 0 spiro atoms. The Morgan fingerprint density at radius 3 is 2.33 bits per heavy atom. The second kappa shape index (κ2) is 6.43. The molecule has 3 heteroatoms. The Morgan fingerprint density at radius 1 is 1.06 bits per heavy atom. The van der Waals surface area contributed by atoms with Crippen LogP contribution in [0.25, 0.3) is 0 Å². The van der Waals surface area contributed by atoms with E-state index in [-0.39, 0.29) is 18.4 Å². The Hall–Kier alpha value is -1.51. The van der Waals surface area contributed by atoms with Crippen molar-refractivity contribution >= 4 is 18.1 Å². The molecule has 0 radical (unpaired) electrons. The molecule has 0 bridgehead atoms. The summed E-state index contributed by atoms with van der Waals surface area (Å²) in [5.41, 5.74) is 10.9. The molecule has 0 amide bonds. The summed E-state index contributed by atoms with van der Waals surface area (Å²) in [4.78, 5) is 0. The van der Waals surface area contributed by atoms with Gasteiger partial charge in [-0.1, -0.05) is 42.5 Å². The van der Waals surface area contributed by atoms with E-state index in [1.165, 1.54) is 5.56 Å². The fourth-order valence-corrected chi connectivity index (χ4v) is 2.00. The summed E-state index contributed by atoms with van der Waals surface area (Å²) in [5, 5.41) is 3.21. The van der Waals surface area contributed by atoms with Crippen LogP contribution >= 0.6 is 12.4 Å². The highest BCUT2D eigenvalue weighted by molar-refractivity contribution is 5.85. The van der Waals surface area contributed by atoms with Crippen LogP contribution in [0.2, 0.25) is 0 Å². The molecular formula is C15H19ClN2. The molecule has 2 aromatic rings. The first kappa shape index (κ1) is 14.6. The van der Waals surface area contributed by atoms with Crippen LogP contribution in [0.3, 0.4) is 0 Å². The Kier molecular flexibility index (Phi) is 5.20. The zero-order valence-corrected chi connectivity index (χ0v) is 11.5. The lowest BCUT2D eigenvalue weighted by Gasteiger charge is -2.17. The van der Waals surface area contributed by atoms with Crippen molar-refractivity contribution in [2.45, 2.75) is 13.0 Å². The smallest absolute Gasteiger partial charge is 0.0572 e. The maximum absolute atomic E-state index is 6.30. The van der Waals surface area contributed by atoms with Crippen molar-refractivity contribution in [1.82, 2.24) is 0 Å². The van der Waals surface area contributed by atoms with Crippen LogP contribution in [0.1, 0.15) is 22.7 Å². The van der Waals surface area contributed by atoms with Gasteiger partial charge >= 0.3 is 0 Å². The summed E-state index contributed by atoms with van der Waals surface area (Å²) in [7, 11) is 1.93. The fraction of sp³-hybridized carbons (Fsp3) is 0.200. The second-order valence-electron chi connectivity index (χ2n) is 4.23. The van der Waals surface area contributed by atoms with Gasteiger partial charge < -0.3 is 11.1 Å². The molecule has 2 rings (SSSR count). The van der Waals surface area contributed by atoms with Gasteiger partial charge in [0.15, 0.2) is 0 Å². The van der Waals surface area contributed by atoms with E-state index in [0.29, 0.717) is 0 Å². The number of benzene rings is 2. The van der Waals surface area contributed by atoms with Crippen LogP contribution in [0.5, 0.6) is 0 Å². The molecule has 0 saturated carbocycles. The maximum Gasteiger partial charge on any atom is 0.0572 e. The predicted octanol–water partition coefficient (Wildman–Crippen LogP) is 3.51. The minimum Gasteiger partial charge on any atom is -0.388 e. The van der Waals surface area contributed by atoms with Crippen molar-refractivity contribution < 1.29 is 0 Å². The molecule has 0 aliphatic heterocycles. The van der Waals surface area contributed by atoms with Gasteiger partial charge in [-0.05, 0) is 29.7 Å². The zero-order valence-electron chi connectivity index (χ0n) is 10.7. The Morgan fingerprint density at radius 2 is 1.72 bits per heavy atom. The maximum atomic E-state index is 6.30. The van der Waals surface area contributed by atoms with Crippen LogP contribution in [-0.4, -0.2) is 7.05 Å². The second-order valence-corrected chi connectivity index (χ2v) is 4.23. The van der Waals surface area contributed by atoms with Gasteiger partial charge in [-0.25, -0.2) is 0 Å². The van der Waals surface area contributed by atoms with Gasteiger partial charge in [0.25, 0.3) is 0 Å². The van der Waals surface area contributed by atoms with E-state index in [1.807, 2.05) is 25.2 Å². The molecule has 18 heavy (non-hydrogen) atoms. The van der Waals surface area contributed by atoms with Gasteiger partial charge in [0.05, 0.1) is 6.04 Å². The van der Waals surface area contributed by atoms with Gasteiger partial charge in [-0.2, -0.15) is 0 Å². The van der Waals surface area contributed by atoms with E-state index >= 15 is 0 Å². The van der Waals surface area contributed by atoms with Crippen molar-refractivity contribution in [3.8, 4) is 0 Å². The summed E-state index contributed by atoms with van der Waals surface area (Å²) >= 11 is 0. The van der Waals surface area contributed by atoms with Gasteiger partial charge in [0.1, 0.15) is 0 Å². The summed E-state index contributed by atoms with van der Waals surface area (Å²) in [6.45, 7) is 2.08. The molecule has 1 unspecified atom stereocenters. The van der Waals surface area contributed by atoms with Gasteiger partial charge in [-0.3, -0.25) is 0 Å². The molecule has 0 fully saturated rings. The molecule has 0 aromatic heterocycles. The third kappa shape index (κ3) is 3.03. The molecule has 96 valence electrons. The molecule has 2 aromatic carbocycles. The van der Waals surface area contributed by atoms with Crippen molar-refractivity contribution in [2.24, 2.45) is 5.73 Å². The lowest BCUT2D eigenvalue weighted by molar-refractivity contribution is 0.872. The predicted molar refractivity (Wildman–Crippen MR) is 80.4 cm³/mol. The third-order valence-electron chi connectivity index (χ3n) is 2.97. The highest BCUT2D eigenvalue weighted by Gasteiger charge is 2.12.